The van der Waals surface area contributed by atoms with E-state index in [4.69, 9.17) is 10.5 Å². The fourth-order valence-electron chi connectivity index (χ4n) is 2.92. The molecule has 0 radical (unpaired) electrons. The Morgan fingerprint density at radius 1 is 1.24 bits per heavy atom. The van der Waals surface area contributed by atoms with Crippen LogP contribution in [-0.4, -0.2) is 34.9 Å². The fraction of sp³-hybridized carbons (Fsp3) is 0.150. The predicted octanol–water partition coefficient (Wildman–Crippen LogP) is 1.98. The van der Waals surface area contributed by atoms with Crippen LogP contribution in [0, 0.1) is 10.1 Å². The van der Waals surface area contributed by atoms with Crippen LogP contribution in [0.4, 0.5) is 5.69 Å². The number of hydrogen-bond acceptors (Lipinski definition) is 6. The number of fused-ring (bicyclic) bond motifs is 1. The van der Waals surface area contributed by atoms with Crippen molar-refractivity contribution < 1.29 is 19.2 Å². The van der Waals surface area contributed by atoms with Gasteiger partial charge < -0.3 is 15.8 Å². The number of para-hydroxylation sites is 1. The molecule has 0 saturated carbocycles. The summed E-state index contributed by atoms with van der Waals surface area (Å²) in [4.78, 5) is 39.3. The maximum atomic E-state index is 12.6. The van der Waals surface area contributed by atoms with Crippen molar-refractivity contribution in [3.63, 3.8) is 0 Å². The highest BCUT2D eigenvalue weighted by Crippen LogP contribution is 2.25. The molecular weight excluding hydrogens is 376 g/mol. The van der Waals surface area contributed by atoms with Crippen molar-refractivity contribution >= 4 is 28.4 Å². The number of rotatable bonds is 7. The first kappa shape index (κ1) is 19.7. The number of carbonyl (C=O) groups excluding carboxylic acids is 2. The number of nitro benzene ring substituents is 1. The van der Waals surface area contributed by atoms with Gasteiger partial charge in [0.2, 0.25) is 5.91 Å². The molecule has 148 valence electrons. The van der Waals surface area contributed by atoms with Crippen LogP contribution in [-0.2, 0) is 11.2 Å². The second kappa shape index (κ2) is 8.34. The van der Waals surface area contributed by atoms with E-state index in [-0.39, 0.29) is 17.7 Å². The first-order chi connectivity index (χ1) is 13.9. The standard InChI is InChI=1S/C20H18N4O5/c1-29-18-7-6-15(24(27)28)9-13(18)10-17(19(21)25)23-20(26)14-8-12-4-2-3-5-16(12)22-11-14/h2-9,11,17H,10H2,1H3,(H2,21,25)(H,23,26)/t17-/m1/s1. The highest BCUT2D eigenvalue weighted by Gasteiger charge is 2.23. The zero-order valence-corrected chi connectivity index (χ0v) is 15.5. The van der Waals surface area contributed by atoms with Gasteiger partial charge in [0, 0.05) is 35.7 Å². The lowest BCUT2D eigenvalue weighted by Gasteiger charge is -2.17. The average molecular weight is 394 g/mol. The van der Waals surface area contributed by atoms with Gasteiger partial charge in [0.15, 0.2) is 0 Å². The largest absolute Gasteiger partial charge is 0.496 e. The number of pyridine rings is 1. The van der Waals surface area contributed by atoms with Crippen LogP contribution in [0.25, 0.3) is 10.9 Å². The van der Waals surface area contributed by atoms with Gasteiger partial charge in [0.25, 0.3) is 11.6 Å². The summed E-state index contributed by atoms with van der Waals surface area (Å²) in [5, 5.41) is 14.4. The molecule has 0 aliphatic heterocycles. The summed E-state index contributed by atoms with van der Waals surface area (Å²) in [6.45, 7) is 0. The predicted molar refractivity (Wildman–Crippen MR) is 106 cm³/mol. The molecule has 3 N–H and O–H groups in total. The summed E-state index contributed by atoms with van der Waals surface area (Å²) in [7, 11) is 1.41. The molecule has 0 aliphatic carbocycles. The van der Waals surface area contributed by atoms with Crippen LogP contribution >= 0.6 is 0 Å². The van der Waals surface area contributed by atoms with Crippen molar-refractivity contribution in [3.8, 4) is 5.75 Å². The van der Waals surface area contributed by atoms with E-state index in [1.165, 1.54) is 31.5 Å². The Bertz CT molecular complexity index is 1100. The topological polar surface area (TPSA) is 137 Å². The van der Waals surface area contributed by atoms with Crippen LogP contribution in [0.5, 0.6) is 5.75 Å². The Morgan fingerprint density at radius 2 is 2.00 bits per heavy atom. The molecule has 0 unspecified atom stereocenters. The van der Waals surface area contributed by atoms with Crippen molar-refractivity contribution in [2.24, 2.45) is 5.73 Å². The van der Waals surface area contributed by atoms with E-state index in [1.807, 2.05) is 24.3 Å². The van der Waals surface area contributed by atoms with E-state index in [9.17, 15) is 19.7 Å². The summed E-state index contributed by atoms with van der Waals surface area (Å²) in [5.74, 6) is -0.958. The number of non-ortho nitro benzene ring substituents is 1. The molecule has 29 heavy (non-hydrogen) atoms. The van der Waals surface area contributed by atoms with E-state index in [0.29, 0.717) is 11.3 Å². The number of aromatic nitrogens is 1. The molecular formula is C20H18N4O5. The third kappa shape index (κ3) is 4.46. The van der Waals surface area contributed by atoms with Crippen LogP contribution < -0.4 is 15.8 Å². The molecule has 2 amide bonds. The van der Waals surface area contributed by atoms with E-state index in [1.54, 1.807) is 6.07 Å². The number of nitro groups is 1. The number of hydrogen-bond donors (Lipinski definition) is 2. The highest BCUT2D eigenvalue weighted by atomic mass is 16.6. The molecule has 0 spiro atoms. The number of benzene rings is 2. The van der Waals surface area contributed by atoms with Crippen molar-refractivity contribution in [1.82, 2.24) is 10.3 Å². The van der Waals surface area contributed by atoms with E-state index in [2.05, 4.69) is 10.3 Å². The molecule has 1 heterocycles. The number of primary amides is 1. The number of ether oxygens (including phenoxy) is 1. The van der Waals surface area contributed by atoms with Crippen LogP contribution in [0.15, 0.2) is 54.7 Å². The molecule has 9 nitrogen and oxygen atoms in total. The van der Waals surface area contributed by atoms with Gasteiger partial charge in [-0.25, -0.2) is 0 Å². The number of carbonyl (C=O) groups is 2. The molecule has 3 rings (SSSR count). The molecule has 0 bridgehead atoms. The first-order valence-electron chi connectivity index (χ1n) is 8.65. The third-order valence-electron chi connectivity index (χ3n) is 4.40. The second-order valence-corrected chi connectivity index (χ2v) is 6.30. The fourth-order valence-corrected chi connectivity index (χ4v) is 2.92. The van der Waals surface area contributed by atoms with Gasteiger partial charge in [0.1, 0.15) is 11.8 Å². The molecule has 9 heteroatoms. The average Bonchev–Trinajstić information content (AvgIpc) is 2.72. The normalized spacial score (nSPS) is 11.6. The Hall–Kier alpha value is -4.01. The Morgan fingerprint density at radius 3 is 2.69 bits per heavy atom. The van der Waals surface area contributed by atoms with Crippen molar-refractivity contribution in [2.45, 2.75) is 12.5 Å². The Balaban J connectivity index is 1.84. The maximum Gasteiger partial charge on any atom is 0.269 e. The lowest BCUT2D eigenvalue weighted by molar-refractivity contribution is -0.384. The molecule has 0 fully saturated rings. The number of nitrogens with two attached hydrogens (primary N) is 1. The molecule has 0 saturated heterocycles. The quantitative estimate of drug-likeness (QED) is 0.464. The molecule has 0 aliphatic rings. The molecule has 2 aromatic carbocycles. The van der Waals surface area contributed by atoms with Gasteiger partial charge in [-0.2, -0.15) is 0 Å². The summed E-state index contributed by atoms with van der Waals surface area (Å²) in [6, 6.07) is 11.9. The smallest absolute Gasteiger partial charge is 0.269 e. The number of nitrogens with one attached hydrogen (secondary N) is 1. The van der Waals surface area contributed by atoms with Crippen molar-refractivity contribution in [2.75, 3.05) is 7.11 Å². The lowest BCUT2D eigenvalue weighted by Crippen LogP contribution is -2.45. The number of amides is 2. The van der Waals surface area contributed by atoms with Gasteiger partial charge in [-0.3, -0.25) is 24.7 Å². The maximum absolute atomic E-state index is 12.6. The van der Waals surface area contributed by atoms with E-state index < -0.39 is 22.8 Å². The minimum Gasteiger partial charge on any atom is -0.496 e. The summed E-state index contributed by atoms with van der Waals surface area (Å²) in [5.41, 5.74) is 6.66. The summed E-state index contributed by atoms with van der Waals surface area (Å²) >= 11 is 0. The summed E-state index contributed by atoms with van der Waals surface area (Å²) < 4.78 is 5.20. The molecule has 1 aromatic heterocycles. The van der Waals surface area contributed by atoms with Gasteiger partial charge >= 0.3 is 0 Å². The van der Waals surface area contributed by atoms with Crippen LogP contribution in [0.1, 0.15) is 15.9 Å². The van der Waals surface area contributed by atoms with Gasteiger partial charge in [-0.15, -0.1) is 0 Å². The third-order valence-corrected chi connectivity index (χ3v) is 4.40. The zero-order chi connectivity index (χ0) is 21.0. The zero-order valence-electron chi connectivity index (χ0n) is 15.5. The lowest BCUT2D eigenvalue weighted by atomic mass is 10.0. The molecule has 3 aromatic rings. The number of methoxy groups -OCH3 is 1. The van der Waals surface area contributed by atoms with Gasteiger partial charge in [-0.1, -0.05) is 18.2 Å². The monoisotopic (exact) mass is 394 g/mol. The van der Waals surface area contributed by atoms with Crippen LogP contribution in [0.3, 0.4) is 0 Å². The Kier molecular flexibility index (Phi) is 5.68. The molecule has 1 atom stereocenters. The Labute approximate surface area is 165 Å². The van der Waals surface area contributed by atoms with Crippen LogP contribution in [0.2, 0.25) is 0 Å². The second-order valence-electron chi connectivity index (χ2n) is 6.30. The van der Waals surface area contributed by atoms with Gasteiger partial charge in [0.05, 0.1) is 23.1 Å². The van der Waals surface area contributed by atoms with Crippen molar-refractivity contribution in [3.05, 3.63) is 76.0 Å². The minimum absolute atomic E-state index is 0.0626. The SMILES string of the molecule is COc1ccc([N+](=O)[O-])cc1C[C@@H](NC(=O)c1cnc2ccccc2c1)C(N)=O. The van der Waals surface area contributed by atoms with Crippen molar-refractivity contribution in [1.29, 1.82) is 0 Å². The highest BCUT2D eigenvalue weighted by molar-refractivity contribution is 5.99. The van der Waals surface area contributed by atoms with Gasteiger partial charge in [-0.05, 0) is 18.2 Å². The first-order valence-corrected chi connectivity index (χ1v) is 8.65. The minimum atomic E-state index is -1.09. The number of nitrogens with zero attached hydrogens (tertiary/aromatic N) is 2. The summed E-state index contributed by atoms with van der Waals surface area (Å²) in [6.07, 6.45) is 1.34. The van der Waals surface area contributed by atoms with E-state index >= 15 is 0 Å². The van der Waals surface area contributed by atoms with E-state index in [0.717, 1.165) is 10.9 Å².